The summed E-state index contributed by atoms with van der Waals surface area (Å²) in [5.41, 5.74) is 0. The first kappa shape index (κ1) is 38.4. The van der Waals surface area contributed by atoms with Crippen LogP contribution in [0.4, 0.5) is 70.2 Å². The van der Waals surface area contributed by atoms with E-state index in [-0.39, 0.29) is 0 Å². The summed E-state index contributed by atoms with van der Waals surface area (Å²) in [6, 6.07) is 0. The molecule has 2 N–H and O–H groups in total. The molecular weight excluding hydrogens is 602 g/mol. The van der Waals surface area contributed by atoms with E-state index in [2.05, 4.69) is 18.5 Å². The normalized spacial score (nSPS) is 15.0. The van der Waals surface area contributed by atoms with Gasteiger partial charge in [0.15, 0.2) is 0 Å². The third kappa shape index (κ3) is 6.18. The fourth-order valence-corrected chi connectivity index (χ4v) is 2.57. The maximum Gasteiger partial charge on any atom is 0.438 e. The van der Waals surface area contributed by atoms with Gasteiger partial charge in [-0.2, -0.15) is 78.7 Å². The van der Waals surface area contributed by atoms with Gasteiger partial charge in [-0.05, 0) is 0 Å². The molecule has 0 radical (unpaired) electrons. The van der Waals surface area contributed by atoms with Crippen LogP contribution in [0.2, 0.25) is 0 Å². The second kappa shape index (κ2) is 11.8. The molecule has 0 aromatic heterocycles. The molecule has 0 spiro atoms. The SMILES string of the molecule is C=CCNCC=C.CCCC(F)(F)C(F)(F)C(F)(F)C(F)(F)C(F)(F)C(F)(F)C(F)(F)C(F)(F)S(=O)(=O)O. The van der Waals surface area contributed by atoms with Crippen LogP contribution in [0, 0.1) is 0 Å². The van der Waals surface area contributed by atoms with Crippen LogP contribution in [0.15, 0.2) is 25.3 Å². The lowest BCUT2D eigenvalue weighted by atomic mass is 9.88. The lowest BCUT2D eigenvalue weighted by Crippen LogP contribution is -2.75. The van der Waals surface area contributed by atoms with Crippen molar-refractivity contribution in [3.63, 3.8) is 0 Å². The summed E-state index contributed by atoms with van der Waals surface area (Å²) < 4.78 is 239. The number of rotatable bonds is 14. The Balaban J connectivity index is 0. The average Bonchev–Trinajstić information content (AvgIpc) is 2.72. The van der Waals surface area contributed by atoms with Gasteiger partial charge in [0.05, 0.1) is 0 Å². The Morgan fingerprint density at radius 1 is 0.632 bits per heavy atom. The molecule has 0 aromatic carbocycles. The molecule has 4 nitrogen and oxygen atoms in total. The predicted octanol–water partition coefficient (Wildman–Crippen LogP) is 6.66. The molecule has 0 amide bonds. The van der Waals surface area contributed by atoms with Crippen molar-refractivity contribution in [3.05, 3.63) is 25.3 Å². The minimum atomic E-state index is -8.73. The van der Waals surface area contributed by atoms with Gasteiger partial charge >= 0.3 is 56.8 Å². The molecular formula is C17H19F16NO3S. The molecule has 0 aliphatic heterocycles. The Bertz CT molecular complexity index is 910. The van der Waals surface area contributed by atoms with Gasteiger partial charge in [-0.3, -0.25) is 4.55 Å². The first-order chi connectivity index (χ1) is 16.5. The quantitative estimate of drug-likeness (QED) is 0.0986. The smallest absolute Gasteiger partial charge is 0.310 e. The molecule has 38 heavy (non-hydrogen) atoms. The first-order valence-corrected chi connectivity index (χ1v) is 10.8. The van der Waals surface area contributed by atoms with Crippen LogP contribution in [-0.2, 0) is 10.1 Å². The maximum absolute atomic E-state index is 13.4. The van der Waals surface area contributed by atoms with Crippen LogP contribution in [0.1, 0.15) is 19.8 Å². The van der Waals surface area contributed by atoms with Crippen LogP contribution in [0.25, 0.3) is 0 Å². The average molecular weight is 621 g/mol. The topological polar surface area (TPSA) is 66.4 Å². The largest absolute Gasteiger partial charge is 0.438 e. The highest BCUT2D eigenvalue weighted by Crippen LogP contribution is 2.64. The van der Waals surface area contributed by atoms with Gasteiger partial charge < -0.3 is 5.32 Å². The zero-order chi connectivity index (χ0) is 31.4. The summed E-state index contributed by atoms with van der Waals surface area (Å²) in [6.45, 7) is 9.36. The monoisotopic (exact) mass is 621 g/mol. The Hall–Kier alpha value is -1.77. The molecule has 0 aliphatic carbocycles. The van der Waals surface area contributed by atoms with Gasteiger partial charge in [0.1, 0.15) is 0 Å². The Labute approximate surface area is 204 Å². The number of nitrogens with one attached hydrogen (secondary N) is 1. The standard InChI is InChI=1S/C11H8F16O3S.C6H11N/c1-2-3-4(12,13)5(14,15)6(16,17)7(18,19)8(20,21)9(22,23)10(24,25)11(26,27)31(28,29)30;1-3-5-7-6-4-2/h2-3H2,1H3,(H,28,29,30);3-4,7H,1-2,5-6H2. The van der Waals surface area contributed by atoms with E-state index in [9.17, 15) is 78.7 Å². The van der Waals surface area contributed by atoms with Gasteiger partial charge in [-0.25, -0.2) is 0 Å². The lowest BCUT2D eigenvalue weighted by Gasteiger charge is -2.43. The summed E-state index contributed by atoms with van der Waals surface area (Å²) >= 11 is 0. The highest BCUT2D eigenvalue weighted by atomic mass is 32.2. The van der Waals surface area contributed by atoms with Crippen molar-refractivity contribution >= 4 is 10.1 Å². The van der Waals surface area contributed by atoms with E-state index in [1.807, 2.05) is 12.2 Å². The second-order valence-corrected chi connectivity index (χ2v) is 8.59. The highest BCUT2D eigenvalue weighted by molar-refractivity contribution is 7.87. The van der Waals surface area contributed by atoms with Crippen molar-refractivity contribution in [1.82, 2.24) is 5.32 Å². The zero-order valence-corrected chi connectivity index (χ0v) is 19.4. The zero-order valence-electron chi connectivity index (χ0n) is 18.6. The summed E-state index contributed by atoms with van der Waals surface area (Å²) in [7, 11) is -7.84. The van der Waals surface area contributed by atoms with Gasteiger partial charge in [-0.15, -0.1) is 13.2 Å². The lowest BCUT2D eigenvalue weighted by molar-refractivity contribution is -0.449. The molecule has 0 unspecified atom stereocenters. The molecule has 0 saturated heterocycles. The fraction of sp³-hybridized carbons (Fsp3) is 0.765. The second-order valence-electron chi connectivity index (χ2n) is 7.13. The maximum atomic E-state index is 13.4. The number of alkyl halides is 16. The number of hydrogen-bond donors (Lipinski definition) is 2. The van der Waals surface area contributed by atoms with E-state index in [0.717, 1.165) is 13.1 Å². The van der Waals surface area contributed by atoms with Crippen LogP contribution < -0.4 is 5.32 Å². The third-order valence-corrected chi connectivity index (χ3v) is 5.17. The van der Waals surface area contributed by atoms with Gasteiger partial charge in [-0.1, -0.05) is 25.5 Å². The summed E-state index contributed by atoms with van der Waals surface area (Å²) in [4.78, 5) is 0. The van der Waals surface area contributed by atoms with Crippen molar-refractivity contribution < 1.29 is 83.2 Å². The van der Waals surface area contributed by atoms with E-state index in [0.29, 0.717) is 6.92 Å². The van der Waals surface area contributed by atoms with Crippen LogP contribution in [0.3, 0.4) is 0 Å². The number of hydrogen-bond acceptors (Lipinski definition) is 3. The van der Waals surface area contributed by atoms with E-state index in [4.69, 9.17) is 4.55 Å². The third-order valence-electron chi connectivity index (χ3n) is 4.26. The van der Waals surface area contributed by atoms with Crippen molar-refractivity contribution in [2.75, 3.05) is 13.1 Å². The van der Waals surface area contributed by atoms with Crippen LogP contribution >= 0.6 is 0 Å². The van der Waals surface area contributed by atoms with Crippen LogP contribution in [-0.4, -0.2) is 72.8 Å². The highest BCUT2D eigenvalue weighted by Gasteiger charge is 2.95. The molecule has 0 saturated carbocycles. The van der Waals surface area contributed by atoms with Crippen molar-refractivity contribution in [1.29, 1.82) is 0 Å². The first-order valence-electron chi connectivity index (χ1n) is 9.39. The van der Waals surface area contributed by atoms with Crippen molar-refractivity contribution in [2.24, 2.45) is 0 Å². The Morgan fingerprint density at radius 2 is 0.921 bits per heavy atom. The molecule has 0 rings (SSSR count). The Kier molecular flexibility index (Phi) is 11.9. The van der Waals surface area contributed by atoms with Gasteiger partial charge in [0.25, 0.3) is 0 Å². The molecule has 0 atom stereocenters. The molecule has 0 bridgehead atoms. The minimum absolute atomic E-state index is 0.557. The molecule has 21 heteroatoms. The molecule has 0 aliphatic rings. The molecule has 0 fully saturated rings. The summed E-state index contributed by atoms with van der Waals surface area (Å²) in [5.74, 6) is -56.6. The van der Waals surface area contributed by atoms with E-state index in [1.165, 1.54) is 0 Å². The number of halogens is 16. The Morgan fingerprint density at radius 3 is 1.18 bits per heavy atom. The van der Waals surface area contributed by atoms with Gasteiger partial charge in [0.2, 0.25) is 0 Å². The predicted molar refractivity (Wildman–Crippen MR) is 99.3 cm³/mol. The fourth-order valence-electron chi connectivity index (χ4n) is 2.12. The minimum Gasteiger partial charge on any atom is -0.310 e. The summed E-state index contributed by atoms with van der Waals surface area (Å²) in [6.07, 6.45) is -0.00688. The van der Waals surface area contributed by atoms with Crippen molar-refractivity contribution in [3.8, 4) is 0 Å². The van der Waals surface area contributed by atoms with Crippen LogP contribution in [0.5, 0.6) is 0 Å². The van der Waals surface area contributed by atoms with E-state index < -0.39 is 69.7 Å². The van der Waals surface area contributed by atoms with Gasteiger partial charge in [0, 0.05) is 19.5 Å². The summed E-state index contributed by atoms with van der Waals surface area (Å²) in [5, 5.41) is -4.72. The molecule has 0 heterocycles. The van der Waals surface area contributed by atoms with E-state index in [1.54, 1.807) is 0 Å². The molecule has 228 valence electrons. The van der Waals surface area contributed by atoms with Crippen molar-refractivity contribution in [2.45, 2.75) is 66.5 Å². The van der Waals surface area contributed by atoms with E-state index >= 15 is 0 Å². The molecule has 0 aromatic rings.